The fourth-order valence-corrected chi connectivity index (χ4v) is 7.15. The van der Waals surface area contributed by atoms with Gasteiger partial charge in [-0.1, -0.05) is 103 Å². The minimum absolute atomic E-state index is 0. The Morgan fingerprint density at radius 1 is 0.640 bits per heavy atom. The Bertz CT molecular complexity index is 698. The quantitative estimate of drug-likeness (QED) is 0.350. The summed E-state index contributed by atoms with van der Waals surface area (Å²) in [5.74, 6) is 2.42. The van der Waals surface area contributed by atoms with E-state index in [1.807, 2.05) is 0 Å². The zero-order valence-electron chi connectivity index (χ0n) is 14.7. The van der Waals surface area contributed by atoms with Crippen LogP contribution in [-0.4, -0.2) is 12.4 Å². The summed E-state index contributed by atoms with van der Waals surface area (Å²) in [6, 6.07) is 32.2. The number of rotatable bonds is 6. The molecule has 3 aromatic carbocycles. The molecule has 122 valence electrons. The van der Waals surface area contributed by atoms with Crippen LogP contribution in [0.25, 0.3) is 0 Å². The van der Waals surface area contributed by atoms with Crippen molar-refractivity contribution < 1.29 is 24.0 Å². The topological polar surface area (TPSA) is 23.1 Å². The summed E-state index contributed by atoms with van der Waals surface area (Å²) >= 11 is 0. The largest absolute Gasteiger partial charge is 1.00 e. The van der Waals surface area contributed by atoms with Crippen molar-refractivity contribution in [3.05, 3.63) is 91.0 Å². The molecule has 0 unspecified atom stereocenters. The summed E-state index contributed by atoms with van der Waals surface area (Å²) in [4.78, 5) is 0. The van der Waals surface area contributed by atoms with Crippen LogP contribution in [-0.2, 0) is 0 Å². The van der Waals surface area contributed by atoms with Crippen molar-refractivity contribution in [2.24, 2.45) is 0 Å². The van der Waals surface area contributed by atoms with E-state index in [1.165, 1.54) is 15.9 Å². The van der Waals surface area contributed by atoms with Gasteiger partial charge in [0.05, 0.1) is 0 Å². The van der Waals surface area contributed by atoms with Crippen molar-refractivity contribution in [1.29, 1.82) is 0 Å². The Hall–Kier alpha value is -1.48. The van der Waals surface area contributed by atoms with Crippen LogP contribution in [0, 0.1) is 0 Å². The monoisotopic (exact) mass is 340 g/mol. The van der Waals surface area contributed by atoms with Gasteiger partial charge in [-0.25, -0.2) is 0 Å². The van der Waals surface area contributed by atoms with Crippen molar-refractivity contribution in [3.63, 3.8) is 0 Å². The van der Waals surface area contributed by atoms with Gasteiger partial charge < -0.3 is 5.11 Å². The molecule has 0 aliphatic heterocycles. The second-order valence-corrected chi connectivity index (χ2v) is 9.12. The molecule has 0 N–H and O–H groups in total. The van der Waals surface area contributed by atoms with Crippen LogP contribution < -0.4 is 39.9 Å². The van der Waals surface area contributed by atoms with Crippen molar-refractivity contribution in [2.45, 2.75) is 12.8 Å². The first-order chi connectivity index (χ1) is 11.9. The number of hydrogen-bond acceptors (Lipinski definition) is 1. The zero-order chi connectivity index (χ0) is 16.7. The molecule has 1 nitrogen and oxygen atoms in total. The molecule has 0 bridgehead atoms. The summed E-state index contributed by atoms with van der Waals surface area (Å²) in [5.41, 5.74) is 0. The molecule has 0 aromatic heterocycles. The molecule has 0 aliphatic rings. The van der Waals surface area contributed by atoms with E-state index in [-0.39, 0.29) is 25.5 Å². The molecule has 0 atom stereocenters. The van der Waals surface area contributed by atoms with Gasteiger partial charge >= 0.3 is 18.9 Å². The molecule has 3 rings (SSSR count). The second kappa shape index (κ2) is 9.86. The first-order valence-corrected chi connectivity index (χ1v) is 10.2. The van der Waals surface area contributed by atoms with E-state index in [9.17, 15) is 5.11 Å². The van der Waals surface area contributed by atoms with Crippen LogP contribution in [0.15, 0.2) is 91.0 Å². The van der Waals surface area contributed by atoms with Gasteiger partial charge in [-0.15, -0.1) is 6.61 Å². The average molecular weight is 340 g/mol. The van der Waals surface area contributed by atoms with Gasteiger partial charge in [-0.05, 0) is 29.2 Å². The molecule has 0 saturated carbocycles. The fraction of sp³-hybridized carbons (Fsp3) is 0.136. The summed E-state index contributed by atoms with van der Waals surface area (Å²) in [7, 11) is 0. The standard InChI is InChI=1S/C22H22OP.Li/c23-18-10-11-19-24(20-12-4-1-5-13-20,21-14-6-2-7-15-21)22-16-8-3-9-17-22;/h1-9,12-17,19H,10-11,18H2;/q-1;+1. The van der Waals surface area contributed by atoms with Gasteiger partial charge in [-0.2, -0.15) is 0 Å². The van der Waals surface area contributed by atoms with Gasteiger partial charge in [0, 0.05) is 0 Å². The summed E-state index contributed by atoms with van der Waals surface area (Å²) in [5, 5.41) is 15.0. The summed E-state index contributed by atoms with van der Waals surface area (Å²) < 4.78 is 0. The molecule has 0 radical (unpaired) electrons. The smallest absolute Gasteiger partial charge is 0.854 e. The van der Waals surface area contributed by atoms with E-state index < -0.39 is 6.89 Å². The van der Waals surface area contributed by atoms with Crippen molar-refractivity contribution in [1.82, 2.24) is 0 Å². The molecular formula is C22H22LiOP. The zero-order valence-corrected chi connectivity index (χ0v) is 15.6. The number of hydrogen-bond donors (Lipinski definition) is 0. The Balaban J connectivity index is 0.00000225. The van der Waals surface area contributed by atoms with Crippen LogP contribution in [0.1, 0.15) is 12.8 Å². The van der Waals surface area contributed by atoms with Crippen LogP contribution in [0.2, 0.25) is 0 Å². The van der Waals surface area contributed by atoms with E-state index in [4.69, 9.17) is 0 Å². The molecule has 3 heteroatoms. The molecule has 0 spiro atoms. The first kappa shape index (κ1) is 19.8. The molecule has 0 heterocycles. The van der Waals surface area contributed by atoms with Gasteiger partial charge in [0.25, 0.3) is 0 Å². The third-order valence-corrected chi connectivity index (χ3v) is 8.39. The minimum Gasteiger partial charge on any atom is -0.854 e. The van der Waals surface area contributed by atoms with Crippen LogP contribution in [0.4, 0.5) is 0 Å². The molecule has 3 aromatic rings. The fourth-order valence-electron chi connectivity index (χ4n) is 3.12. The maximum Gasteiger partial charge on any atom is 1.00 e. The second-order valence-electron chi connectivity index (χ2n) is 5.76. The molecule has 0 aliphatic carbocycles. The molecule has 0 fully saturated rings. The van der Waals surface area contributed by atoms with E-state index in [0.29, 0.717) is 6.42 Å². The third kappa shape index (κ3) is 4.38. The summed E-state index contributed by atoms with van der Waals surface area (Å²) in [6.45, 7) is -1.87. The maximum atomic E-state index is 11.0. The first-order valence-electron chi connectivity index (χ1n) is 8.36. The van der Waals surface area contributed by atoms with Crippen molar-refractivity contribution in [2.75, 3.05) is 6.61 Å². The van der Waals surface area contributed by atoms with Gasteiger partial charge in [0.1, 0.15) is 0 Å². The molecular weight excluding hydrogens is 318 g/mol. The maximum absolute atomic E-state index is 11.0. The Kier molecular flexibility index (Phi) is 7.82. The number of unbranched alkanes of at least 4 members (excludes halogenated alkanes) is 1. The van der Waals surface area contributed by atoms with Crippen LogP contribution in [0.3, 0.4) is 0 Å². The molecule has 0 saturated heterocycles. The Morgan fingerprint density at radius 3 is 1.32 bits per heavy atom. The summed E-state index contributed by atoms with van der Waals surface area (Å²) in [6.07, 6.45) is 1.53. The van der Waals surface area contributed by atoms with Crippen LogP contribution in [0.5, 0.6) is 0 Å². The van der Waals surface area contributed by atoms with Crippen LogP contribution >= 0.6 is 6.89 Å². The van der Waals surface area contributed by atoms with E-state index in [0.717, 1.165) is 6.42 Å². The van der Waals surface area contributed by atoms with Gasteiger partial charge in [0.2, 0.25) is 0 Å². The van der Waals surface area contributed by atoms with E-state index >= 15 is 0 Å². The molecule has 0 amide bonds. The van der Waals surface area contributed by atoms with Gasteiger partial charge in [0.15, 0.2) is 0 Å². The number of benzene rings is 3. The third-order valence-electron chi connectivity index (χ3n) is 4.24. The Morgan fingerprint density at radius 2 is 1.00 bits per heavy atom. The normalized spacial score (nSPS) is 10.8. The average Bonchev–Trinajstić information content (AvgIpc) is 2.68. The predicted octanol–water partition coefficient (Wildman–Crippen LogP) is -0.0728. The predicted molar refractivity (Wildman–Crippen MR) is 105 cm³/mol. The van der Waals surface area contributed by atoms with Crippen molar-refractivity contribution >= 4 is 28.6 Å². The van der Waals surface area contributed by atoms with Gasteiger partial charge in [-0.3, -0.25) is 0 Å². The Labute approximate surface area is 162 Å². The van der Waals surface area contributed by atoms with Crippen molar-refractivity contribution in [3.8, 4) is 0 Å². The SMILES string of the molecule is [Li+].[O-]CCCC=P(c1ccccc1)(c1ccccc1)c1ccccc1. The van der Waals surface area contributed by atoms with E-state index in [2.05, 4.69) is 96.8 Å². The minimum atomic E-state index is -1.85. The van der Waals surface area contributed by atoms with E-state index in [1.54, 1.807) is 0 Å². The molecule has 25 heavy (non-hydrogen) atoms.